The summed E-state index contributed by atoms with van der Waals surface area (Å²) < 4.78 is 25.2. The smallest absolute Gasteiger partial charge is 0.355 e. The van der Waals surface area contributed by atoms with E-state index in [9.17, 15) is 18.3 Å². The quantitative estimate of drug-likeness (QED) is 0.292. The summed E-state index contributed by atoms with van der Waals surface area (Å²) in [5.74, 6) is -0.880. The van der Waals surface area contributed by atoms with Gasteiger partial charge in [0, 0.05) is 28.8 Å². The van der Waals surface area contributed by atoms with Gasteiger partial charge in [0.15, 0.2) is 5.69 Å². The topological polar surface area (TPSA) is 128 Å². The Morgan fingerprint density at radius 1 is 1.11 bits per heavy atom. The first-order valence-electron chi connectivity index (χ1n) is 11.7. The second-order valence-electron chi connectivity index (χ2n) is 8.57. The number of benzene rings is 2. The molecule has 1 unspecified atom stereocenters. The van der Waals surface area contributed by atoms with Crippen LogP contribution < -0.4 is 5.14 Å². The summed E-state index contributed by atoms with van der Waals surface area (Å²) in [6.45, 7) is 4.28. The lowest BCUT2D eigenvalue weighted by Crippen LogP contribution is -2.12. The molecule has 10 heteroatoms. The number of nitrogens with two attached hydrogens (primary N) is 1. The highest BCUT2D eigenvalue weighted by atomic mass is 32.2. The van der Waals surface area contributed by atoms with Crippen LogP contribution in [0.3, 0.4) is 0 Å². The van der Waals surface area contributed by atoms with E-state index in [0.29, 0.717) is 11.6 Å². The predicted molar refractivity (Wildman–Crippen MR) is 140 cm³/mol. The molecule has 2 aromatic carbocycles. The van der Waals surface area contributed by atoms with Crippen molar-refractivity contribution in [1.29, 1.82) is 0 Å². The third kappa shape index (κ3) is 5.40. The van der Waals surface area contributed by atoms with Crippen molar-refractivity contribution in [2.24, 2.45) is 5.14 Å². The Morgan fingerprint density at radius 3 is 2.36 bits per heavy atom. The van der Waals surface area contributed by atoms with Gasteiger partial charge >= 0.3 is 5.97 Å². The van der Waals surface area contributed by atoms with E-state index in [1.807, 2.05) is 30.3 Å². The zero-order valence-electron chi connectivity index (χ0n) is 20.1. The highest BCUT2D eigenvalue weighted by Gasteiger charge is 2.26. The molecule has 0 amide bonds. The minimum Gasteiger partial charge on any atom is -0.476 e. The lowest BCUT2D eigenvalue weighted by molar-refractivity contribution is 0.0691. The van der Waals surface area contributed by atoms with E-state index in [1.54, 1.807) is 16.8 Å². The number of carbonyl (C=O) groups is 1. The van der Waals surface area contributed by atoms with Gasteiger partial charge in [0.05, 0.1) is 16.3 Å². The third-order valence-electron chi connectivity index (χ3n) is 6.10. The first-order chi connectivity index (χ1) is 17.2. The van der Waals surface area contributed by atoms with Gasteiger partial charge in [0.25, 0.3) is 0 Å². The minimum absolute atomic E-state index is 0.0215. The summed E-state index contributed by atoms with van der Waals surface area (Å²) in [6, 6.07) is 16.4. The van der Waals surface area contributed by atoms with Crippen LogP contribution in [-0.2, 0) is 16.4 Å². The van der Waals surface area contributed by atoms with Gasteiger partial charge < -0.3 is 5.11 Å². The van der Waals surface area contributed by atoms with Crippen molar-refractivity contribution in [3.8, 4) is 16.4 Å². The molecule has 0 fully saturated rings. The maximum absolute atomic E-state index is 11.7. The molecule has 188 valence electrons. The van der Waals surface area contributed by atoms with Crippen LogP contribution in [0.5, 0.6) is 0 Å². The first kappa shape index (κ1) is 25.7. The predicted octanol–water partition coefficient (Wildman–Crippen LogP) is 5.23. The van der Waals surface area contributed by atoms with Gasteiger partial charge in [-0.3, -0.25) is 0 Å². The van der Waals surface area contributed by atoms with Gasteiger partial charge in [-0.2, -0.15) is 5.10 Å². The summed E-state index contributed by atoms with van der Waals surface area (Å²) in [7, 11) is -3.78. The zero-order valence-corrected chi connectivity index (χ0v) is 21.7. The van der Waals surface area contributed by atoms with Crippen molar-refractivity contribution in [3.63, 3.8) is 0 Å². The Bertz CT molecular complexity index is 1460. The van der Waals surface area contributed by atoms with Crippen molar-refractivity contribution >= 4 is 27.3 Å². The fourth-order valence-electron chi connectivity index (χ4n) is 4.34. The normalized spacial score (nSPS) is 12.5. The van der Waals surface area contributed by atoms with E-state index in [0.717, 1.165) is 47.3 Å². The number of nitrogens with zero attached hydrogens (tertiary/aromatic N) is 3. The number of rotatable bonds is 10. The molecule has 36 heavy (non-hydrogen) atoms. The Hall–Kier alpha value is -3.34. The van der Waals surface area contributed by atoms with E-state index in [-0.39, 0.29) is 16.5 Å². The Kier molecular flexibility index (Phi) is 7.67. The van der Waals surface area contributed by atoms with E-state index < -0.39 is 16.0 Å². The van der Waals surface area contributed by atoms with Crippen LogP contribution in [0.15, 0.2) is 64.9 Å². The lowest BCUT2D eigenvalue weighted by Gasteiger charge is -2.14. The molecule has 0 bridgehead atoms. The molecule has 8 nitrogen and oxygen atoms in total. The van der Waals surface area contributed by atoms with Crippen LogP contribution in [-0.4, -0.2) is 34.3 Å². The number of carboxylic acid groups (broad SMARTS) is 1. The number of carboxylic acids is 1. The molecular formula is C26H28N4O4S2. The Labute approximate surface area is 214 Å². The number of primary sulfonamides is 1. The molecule has 1 atom stereocenters. The lowest BCUT2D eigenvalue weighted by atomic mass is 9.89. The molecule has 0 aliphatic carbocycles. The molecule has 4 rings (SSSR count). The van der Waals surface area contributed by atoms with Crippen molar-refractivity contribution in [2.45, 2.75) is 50.3 Å². The van der Waals surface area contributed by atoms with Crippen molar-refractivity contribution in [2.75, 3.05) is 0 Å². The summed E-state index contributed by atoms with van der Waals surface area (Å²) in [5, 5.41) is 21.7. The van der Waals surface area contributed by atoms with Gasteiger partial charge in [-0.1, -0.05) is 62.7 Å². The summed E-state index contributed by atoms with van der Waals surface area (Å²) >= 11 is 1.23. The number of aromatic carboxylic acids is 1. The standard InChI is InChI=1S/C26H28N4O4S2/c1-3-8-18(4-2)23-21(15-17-11-13-20(14-12-17)36(27,33)34)24(19-9-6-5-7-10-19)30(29-23)26-28-22(16-35-26)25(31)32/h5-7,9-14,16,18H,3-4,8,15H2,1-2H3,(H,31,32)(H2,27,33,34). The number of aromatic nitrogens is 3. The molecule has 4 aromatic rings. The molecular weight excluding hydrogens is 496 g/mol. The Morgan fingerprint density at radius 2 is 1.81 bits per heavy atom. The van der Waals surface area contributed by atoms with Crippen LogP contribution in [0, 0.1) is 0 Å². The molecule has 3 N–H and O–H groups in total. The number of hydrogen-bond acceptors (Lipinski definition) is 6. The second kappa shape index (κ2) is 10.7. The minimum atomic E-state index is -3.78. The fraction of sp³-hybridized carbons (Fsp3) is 0.269. The highest BCUT2D eigenvalue weighted by molar-refractivity contribution is 7.89. The monoisotopic (exact) mass is 524 g/mol. The summed E-state index contributed by atoms with van der Waals surface area (Å²) in [5.41, 5.74) is 4.63. The van der Waals surface area contributed by atoms with Crippen molar-refractivity contribution in [1.82, 2.24) is 14.8 Å². The van der Waals surface area contributed by atoms with Gasteiger partial charge in [0.2, 0.25) is 15.2 Å². The molecule has 0 saturated carbocycles. The molecule has 0 spiro atoms. The van der Waals surface area contributed by atoms with Crippen LogP contribution in [0.25, 0.3) is 16.4 Å². The summed E-state index contributed by atoms with van der Waals surface area (Å²) in [4.78, 5) is 15.9. The van der Waals surface area contributed by atoms with Gasteiger partial charge in [-0.15, -0.1) is 11.3 Å². The zero-order chi connectivity index (χ0) is 25.9. The van der Waals surface area contributed by atoms with Gasteiger partial charge in [-0.05, 0) is 30.5 Å². The van der Waals surface area contributed by atoms with E-state index in [4.69, 9.17) is 10.2 Å². The highest BCUT2D eigenvalue weighted by Crippen LogP contribution is 2.37. The molecule has 2 aromatic heterocycles. The first-order valence-corrected chi connectivity index (χ1v) is 14.1. The number of sulfonamides is 1. The third-order valence-corrected chi connectivity index (χ3v) is 7.85. The SMILES string of the molecule is CCCC(CC)c1nn(-c2nc(C(=O)O)cs2)c(-c2ccccc2)c1Cc1ccc(S(N)(=O)=O)cc1. The fourth-order valence-corrected chi connectivity index (χ4v) is 5.61. The average Bonchev–Trinajstić information content (AvgIpc) is 3.48. The average molecular weight is 525 g/mol. The molecule has 0 aliphatic heterocycles. The van der Waals surface area contributed by atoms with Crippen molar-refractivity contribution in [3.05, 3.63) is 82.5 Å². The maximum Gasteiger partial charge on any atom is 0.355 e. The van der Waals surface area contributed by atoms with E-state index in [2.05, 4.69) is 18.8 Å². The molecule has 2 heterocycles. The number of hydrogen-bond donors (Lipinski definition) is 2. The van der Waals surface area contributed by atoms with Crippen LogP contribution in [0.4, 0.5) is 0 Å². The van der Waals surface area contributed by atoms with Crippen LogP contribution in [0.1, 0.15) is 66.3 Å². The molecule has 0 aliphatic rings. The second-order valence-corrected chi connectivity index (χ2v) is 11.0. The van der Waals surface area contributed by atoms with Crippen LogP contribution in [0.2, 0.25) is 0 Å². The van der Waals surface area contributed by atoms with E-state index in [1.165, 1.54) is 28.8 Å². The maximum atomic E-state index is 11.7. The largest absolute Gasteiger partial charge is 0.476 e. The van der Waals surface area contributed by atoms with Crippen molar-refractivity contribution < 1.29 is 18.3 Å². The van der Waals surface area contributed by atoms with Crippen LogP contribution >= 0.6 is 11.3 Å². The summed E-state index contributed by atoms with van der Waals surface area (Å²) in [6.07, 6.45) is 3.36. The molecule has 0 radical (unpaired) electrons. The van der Waals surface area contributed by atoms with Gasteiger partial charge in [0.1, 0.15) is 0 Å². The number of thiazole rings is 1. The van der Waals surface area contributed by atoms with E-state index >= 15 is 0 Å². The molecule has 0 saturated heterocycles. The van der Waals surface area contributed by atoms with Gasteiger partial charge in [-0.25, -0.2) is 28.0 Å². The Balaban J connectivity index is 1.93.